The summed E-state index contributed by atoms with van der Waals surface area (Å²) in [5, 5.41) is 11.9. The number of piperazine rings is 1. The Balaban J connectivity index is 1.53. The van der Waals surface area contributed by atoms with E-state index in [2.05, 4.69) is 10.4 Å². The molecule has 2 N–H and O–H groups in total. The Morgan fingerprint density at radius 1 is 1.11 bits per heavy atom. The average Bonchev–Trinajstić information content (AvgIpc) is 3.35. The van der Waals surface area contributed by atoms with Gasteiger partial charge in [0.2, 0.25) is 0 Å². The minimum atomic E-state index is -0.490. The molecule has 0 spiro atoms. The van der Waals surface area contributed by atoms with Crippen LogP contribution in [-0.2, 0) is 4.74 Å². The second kappa shape index (κ2) is 10.3. The first-order valence-corrected chi connectivity index (χ1v) is 12.4. The first-order valence-electron chi connectivity index (χ1n) is 12.4. The molecule has 1 saturated carbocycles. The molecule has 9 nitrogen and oxygen atoms in total. The number of hydrogen-bond acceptors (Lipinski definition) is 7. The normalized spacial score (nSPS) is 29.6. The molecule has 3 fully saturated rings. The number of amides is 2. The van der Waals surface area contributed by atoms with Gasteiger partial charge in [-0.05, 0) is 76.1 Å². The predicted molar refractivity (Wildman–Crippen MR) is 127 cm³/mol. The van der Waals surface area contributed by atoms with Crippen LogP contribution in [0, 0.1) is 17.7 Å². The van der Waals surface area contributed by atoms with Gasteiger partial charge >= 0.3 is 12.2 Å². The van der Waals surface area contributed by atoms with Crippen LogP contribution in [0.3, 0.4) is 0 Å². The number of carbonyl (C=O) groups excluding carboxylic acids is 2. The number of ether oxygens (including phenoxy) is 2. The second-order valence-corrected chi connectivity index (χ2v) is 10.6. The summed E-state index contributed by atoms with van der Waals surface area (Å²) >= 11 is 0. The molecular formula is C25H37FN4O5. The first kappa shape index (κ1) is 25.7. The lowest BCUT2D eigenvalue weighted by atomic mass is 9.73. The highest BCUT2D eigenvalue weighted by Gasteiger charge is 2.50. The zero-order chi connectivity index (χ0) is 25.3. The summed E-state index contributed by atoms with van der Waals surface area (Å²) in [6, 6.07) is 4.78. The van der Waals surface area contributed by atoms with Crippen LogP contribution in [-0.4, -0.2) is 89.1 Å². The third-order valence-corrected chi connectivity index (χ3v) is 7.90. The number of carbonyl (C=O) groups is 2. The summed E-state index contributed by atoms with van der Waals surface area (Å²) in [4.78, 5) is 29.4. The van der Waals surface area contributed by atoms with Crippen molar-refractivity contribution in [3.05, 3.63) is 30.1 Å². The van der Waals surface area contributed by atoms with Crippen LogP contribution in [0.25, 0.3) is 0 Å². The summed E-state index contributed by atoms with van der Waals surface area (Å²) in [7, 11) is 1.38. The Labute approximate surface area is 206 Å². The van der Waals surface area contributed by atoms with Crippen LogP contribution in [0.1, 0.15) is 40.0 Å². The van der Waals surface area contributed by atoms with Gasteiger partial charge in [-0.1, -0.05) is 0 Å². The lowest BCUT2D eigenvalue weighted by molar-refractivity contribution is -0.0341. The van der Waals surface area contributed by atoms with Gasteiger partial charge < -0.3 is 19.5 Å². The molecule has 194 valence electrons. The Bertz CT molecular complexity index is 914. The topological polar surface area (TPSA) is 94.6 Å². The van der Waals surface area contributed by atoms with Crippen molar-refractivity contribution in [2.75, 3.05) is 33.4 Å². The van der Waals surface area contributed by atoms with Gasteiger partial charge in [-0.25, -0.2) is 19.0 Å². The number of methoxy groups -OCH3 is 1. The van der Waals surface area contributed by atoms with Crippen molar-refractivity contribution in [2.24, 2.45) is 11.8 Å². The van der Waals surface area contributed by atoms with E-state index < -0.39 is 11.9 Å². The molecule has 1 aliphatic carbocycles. The number of hydrogen-bond donors (Lipinski definition) is 2. The van der Waals surface area contributed by atoms with Gasteiger partial charge in [-0.15, -0.1) is 0 Å². The molecule has 4 unspecified atom stereocenters. The maximum atomic E-state index is 13.3. The Morgan fingerprint density at radius 3 is 2.49 bits per heavy atom. The van der Waals surface area contributed by atoms with E-state index in [1.54, 1.807) is 9.80 Å². The van der Waals surface area contributed by atoms with Crippen molar-refractivity contribution in [2.45, 2.75) is 63.7 Å². The average molecular weight is 493 g/mol. The molecule has 4 rings (SSSR count). The SMILES string of the molecule is COC(=O)N1C2CCC(C3CNN(C(C)(C)CO)C3)CC2N(C(=O)Oc2ccc(F)cc2)C[C@@H]1C. The van der Waals surface area contributed by atoms with Crippen LogP contribution in [0.2, 0.25) is 0 Å². The van der Waals surface area contributed by atoms with Crippen molar-refractivity contribution < 1.29 is 28.6 Å². The number of hydrazine groups is 1. The highest BCUT2D eigenvalue weighted by molar-refractivity contribution is 5.73. The van der Waals surface area contributed by atoms with Crippen LogP contribution in [0.4, 0.5) is 14.0 Å². The van der Waals surface area contributed by atoms with E-state index in [0.717, 1.165) is 32.4 Å². The van der Waals surface area contributed by atoms with Gasteiger partial charge in [-0.2, -0.15) is 0 Å². The number of rotatable bonds is 4. The van der Waals surface area contributed by atoms with Crippen LogP contribution in [0.5, 0.6) is 5.75 Å². The van der Waals surface area contributed by atoms with Gasteiger partial charge in [0.1, 0.15) is 11.6 Å². The third-order valence-electron chi connectivity index (χ3n) is 7.90. The van der Waals surface area contributed by atoms with E-state index >= 15 is 0 Å². The van der Waals surface area contributed by atoms with Gasteiger partial charge in [-0.3, -0.25) is 10.3 Å². The standard InChI is InChI=1S/C25H37FN4O5/c1-16-13-28(23(32)35-20-8-6-19(26)7-9-20)22-11-17(5-10-21(22)30(16)24(33)34-4)18-12-27-29(14-18)25(2,3)15-31/h6-9,16-18,21-22,27,31H,5,10-15H2,1-4H3/t16-,17?,18?,21?,22?/m0/s1. The number of aliphatic hydroxyl groups is 1. The number of nitrogens with zero attached hydrogens (tertiary/aromatic N) is 3. The number of halogens is 1. The summed E-state index contributed by atoms with van der Waals surface area (Å²) in [5.41, 5.74) is 3.07. The number of benzene rings is 1. The maximum Gasteiger partial charge on any atom is 0.415 e. The van der Waals surface area contributed by atoms with Gasteiger partial charge in [0.25, 0.3) is 0 Å². The van der Waals surface area contributed by atoms with Crippen molar-refractivity contribution in [3.8, 4) is 5.75 Å². The largest absolute Gasteiger partial charge is 0.453 e. The molecule has 0 bridgehead atoms. The minimum absolute atomic E-state index is 0.0526. The molecule has 2 amide bonds. The van der Waals surface area contributed by atoms with E-state index in [1.165, 1.54) is 31.4 Å². The summed E-state index contributed by atoms with van der Waals surface area (Å²) in [6.45, 7) is 7.92. The molecule has 2 heterocycles. The van der Waals surface area contributed by atoms with Gasteiger partial charge in [0.15, 0.2) is 0 Å². The second-order valence-electron chi connectivity index (χ2n) is 10.6. The minimum Gasteiger partial charge on any atom is -0.453 e. The number of fused-ring (bicyclic) bond motifs is 1. The van der Waals surface area contributed by atoms with Crippen LogP contribution in [0.15, 0.2) is 24.3 Å². The zero-order valence-corrected chi connectivity index (χ0v) is 20.9. The summed E-state index contributed by atoms with van der Waals surface area (Å²) in [6.07, 6.45) is 1.56. The van der Waals surface area contributed by atoms with E-state index in [0.29, 0.717) is 18.4 Å². The zero-order valence-electron chi connectivity index (χ0n) is 20.9. The fraction of sp³-hybridized carbons (Fsp3) is 0.680. The molecule has 35 heavy (non-hydrogen) atoms. The molecule has 3 aliphatic rings. The quantitative estimate of drug-likeness (QED) is 0.668. The van der Waals surface area contributed by atoms with Crippen LogP contribution >= 0.6 is 0 Å². The Hall–Kier alpha value is -2.43. The summed E-state index contributed by atoms with van der Waals surface area (Å²) < 4.78 is 24.0. The molecule has 1 aromatic carbocycles. The molecule has 0 radical (unpaired) electrons. The fourth-order valence-electron chi connectivity index (χ4n) is 5.83. The summed E-state index contributed by atoms with van der Waals surface area (Å²) in [5.74, 6) is 0.592. The highest BCUT2D eigenvalue weighted by atomic mass is 19.1. The molecule has 10 heteroatoms. The number of aliphatic hydroxyl groups excluding tert-OH is 1. The van der Waals surface area contributed by atoms with Crippen molar-refractivity contribution >= 4 is 12.2 Å². The third kappa shape index (κ3) is 5.24. The van der Waals surface area contributed by atoms with Crippen molar-refractivity contribution in [1.82, 2.24) is 20.2 Å². The van der Waals surface area contributed by atoms with E-state index in [-0.39, 0.29) is 42.1 Å². The lowest BCUT2D eigenvalue weighted by Crippen LogP contribution is -2.67. The monoisotopic (exact) mass is 492 g/mol. The molecule has 0 aromatic heterocycles. The van der Waals surface area contributed by atoms with Crippen LogP contribution < -0.4 is 10.2 Å². The number of nitrogens with one attached hydrogen (secondary N) is 1. The van der Waals surface area contributed by atoms with E-state index in [9.17, 15) is 19.1 Å². The smallest absolute Gasteiger partial charge is 0.415 e. The fourth-order valence-corrected chi connectivity index (χ4v) is 5.83. The predicted octanol–water partition coefficient (Wildman–Crippen LogP) is 2.84. The van der Waals surface area contributed by atoms with Crippen molar-refractivity contribution in [1.29, 1.82) is 0 Å². The molecule has 1 aromatic rings. The molecule has 5 atom stereocenters. The van der Waals surface area contributed by atoms with E-state index in [1.807, 2.05) is 20.8 Å². The highest BCUT2D eigenvalue weighted by Crippen LogP contribution is 2.40. The van der Waals surface area contributed by atoms with Gasteiger partial charge in [0, 0.05) is 19.6 Å². The molecule has 2 aliphatic heterocycles. The first-order chi connectivity index (χ1) is 16.6. The Kier molecular flexibility index (Phi) is 7.54. The molecule has 2 saturated heterocycles. The molecular weight excluding hydrogens is 455 g/mol. The van der Waals surface area contributed by atoms with Gasteiger partial charge in [0.05, 0.1) is 37.4 Å². The van der Waals surface area contributed by atoms with E-state index in [4.69, 9.17) is 9.47 Å². The lowest BCUT2D eigenvalue weighted by Gasteiger charge is -2.53. The Morgan fingerprint density at radius 2 is 1.83 bits per heavy atom. The maximum absolute atomic E-state index is 13.3. The van der Waals surface area contributed by atoms with Crippen molar-refractivity contribution in [3.63, 3.8) is 0 Å².